The van der Waals surface area contributed by atoms with Crippen LogP contribution in [0.3, 0.4) is 0 Å². The Bertz CT molecular complexity index is 568. The van der Waals surface area contributed by atoms with E-state index in [9.17, 15) is 4.79 Å². The van der Waals surface area contributed by atoms with Crippen LogP contribution < -0.4 is 0 Å². The van der Waals surface area contributed by atoms with Crippen LogP contribution in [0.1, 0.15) is 21.0 Å². The predicted octanol–water partition coefficient (Wildman–Crippen LogP) is 2.61. The van der Waals surface area contributed by atoms with Gasteiger partial charge in [-0.2, -0.15) is 0 Å². The molecule has 2 aromatic rings. The molecule has 0 spiro atoms. The van der Waals surface area contributed by atoms with Gasteiger partial charge in [0.15, 0.2) is 5.76 Å². The number of rotatable bonds is 3. The van der Waals surface area contributed by atoms with Crippen molar-refractivity contribution < 1.29 is 9.21 Å². The standard InChI is InChI=1S/C15H18N2O2S/c1-12-4-9-19-14(12)15(18)17-7-5-16(6-8-17)11-13-3-2-10-20-13/h2-4,9-10H,5-8,11H2,1H3. The lowest BCUT2D eigenvalue weighted by atomic mass is 10.2. The average molecular weight is 290 g/mol. The van der Waals surface area contributed by atoms with Gasteiger partial charge < -0.3 is 9.32 Å². The normalized spacial score (nSPS) is 16.6. The second-order valence-electron chi connectivity index (χ2n) is 5.08. The number of piperazine rings is 1. The Labute approximate surface area is 122 Å². The summed E-state index contributed by atoms with van der Waals surface area (Å²) in [6.45, 7) is 6.27. The summed E-state index contributed by atoms with van der Waals surface area (Å²) in [5, 5.41) is 2.11. The molecular formula is C15H18N2O2S. The van der Waals surface area contributed by atoms with Gasteiger partial charge in [-0.3, -0.25) is 9.69 Å². The molecule has 1 aliphatic heterocycles. The Morgan fingerprint density at radius 1 is 1.30 bits per heavy atom. The van der Waals surface area contributed by atoms with Gasteiger partial charge in [0.25, 0.3) is 5.91 Å². The molecule has 0 aromatic carbocycles. The van der Waals surface area contributed by atoms with E-state index in [-0.39, 0.29) is 5.91 Å². The first-order chi connectivity index (χ1) is 9.74. The van der Waals surface area contributed by atoms with E-state index in [4.69, 9.17) is 4.42 Å². The van der Waals surface area contributed by atoms with Crippen molar-refractivity contribution in [2.45, 2.75) is 13.5 Å². The van der Waals surface area contributed by atoms with Gasteiger partial charge in [0, 0.05) is 43.2 Å². The van der Waals surface area contributed by atoms with Gasteiger partial charge in [0.05, 0.1) is 6.26 Å². The van der Waals surface area contributed by atoms with Gasteiger partial charge >= 0.3 is 0 Å². The first-order valence-corrected chi connectivity index (χ1v) is 7.70. The first kappa shape index (κ1) is 13.4. The molecule has 0 radical (unpaired) electrons. The van der Waals surface area contributed by atoms with Crippen molar-refractivity contribution in [3.8, 4) is 0 Å². The highest BCUT2D eigenvalue weighted by Crippen LogP contribution is 2.16. The Kier molecular flexibility index (Phi) is 3.89. The lowest BCUT2D eigenvalue weighted by molar-refractivity contribution is 0.0598. The van der Waals surface area contributed by atoms with Crippen molar-refractivity contribution >= 4 is 17.2 Å². The van der Waals surface area contributed by atoms with Crippen LogP contribution in [-0.2, 0) is 6.54 Å². The summed E-state index contributed by atoms with van der Waals surface area (Å²) >= 11 is 1.79. The fourth-order valence-electron chi connectivity index (χ4n) is 2.47. The molecule has 4 nitrogen and oxygen atoms in total. The minimum absolute atomic E-state index is 0.0169. The zero-order valence-corrected chi connectivity index (χ0v) is 12.4. The lowest BCUT2D eigenvalue weighted by Crippen LogP contribution is -2.48. The zero-order chi connectivity index (χ0) is 13.9. The highest BCUT2D eigenvalue weighted by Gasteiger charge is 2.25. The molecule has 0 saturated carbocycles. The monoisotopic (exact) mass is 290 g/mol. The average Bonchev–Trinajstić information content (AvgIpc) is 3.10. The summed E-state index contributed by atoms with van der Waals surface area (Å²) in [7, 11) is 0. The topological polar surface area (TPSA) is 36.7 Å². The number of furan rings is 1. The number of aryl methyl sites for hydroxylation is 1. The fourth-order valence-corrected chi connectivity index (χ4v) is 3.21. The van der Waals surface area contributed by atoms with Crippen molar-refractivity contribution in [2.75, 3.05) is 26.2 Å². The second-order valence-corrected chi connectivity index (χ2v) is 6.11. The van der Waals surface area contributed by atoms with Gasteiger partial charge in [-0.1, -0.05) is 6.07 Å². The molecule has 2 aromatic heterocycles. The van der Waals surface area contributed by atoms with Crippen LogP contribution >= 0.6 is 11.3 Å². The van der Waals surface area contributed by atoms with E-state index in [1.54, 1.807) is 17.6 Å². The van der Waals surface area contributed by atoms with Crippen LogP contribution in [-0.4, -0.2) is 41.9 Å². The Balaban J connectivity index is 1.56. The molecule has 0 bridgehead atoms. The van der Waals surface area contributed by atoms with Crippen LogP contribution in [0.15, 0.2) is 34.3 Å². The second kappa shape index (κ2) is 5.81. The summed E-state index contributed by atoms with van der Waals surface area (Å²) in [6, 6.07) is 6.08. The maximum absolute atomic E-state index is 12.3. The number of carbonyl (C=O) groups is 1. The van der Waals surface area contributed by atoms with Gasteiger partial charge in [-0.05, 0) is 24.4 Å². The van der Waals surface area contributed by atoms with Gasteiger partial charge in [0.2, 0.25) is 0 Å². The van der Waals surface area contributed by atoms with E-state index in [2.05, 4.69) is 22.4 Å². The van der Waals surface area contributed by atoms with E-state index in [0.29, 0.717) is 5.76 Å². The van der Waals surface area contributed by atoms with Gasteiger partial charge in [-0.25, -0.2) is 0 Å². The Hall–Kier alpha value is -1.59. The maximum Gasteiger partial charge on any atom is 0.289 e. The highest BCUT2D eigenvalue weighted by molar-refractivity contribution is 7.09. The highest BCUT2D eigenvalue weighted by atomic mass is 32.1. The summed E-state index contributed by atoms with van der Waals surface area (Å²) in [5.74, 6) is 0.500. The van der Waals surface area contributed by atoms with Crippen molar-refractivity contribution in [1.29, 1.82) is 0 Å². The maximum atomic E-state index is 12.3. The van der Waals surface area contributed by atoms with E-state index in [0.717, 1.165) is 38.3 Å². The third-order valence-electron chi connectivity index (χ3n) is 3.68. The third kappa shape index (κ3) is 2.78. The van der Waals surface area contributed by atoms with Crippen molar-refractivity contribution in [3.05, 3.63) is 46.0 Å². The van der Waals surface area contributed by atoms with E-state index in [1.165, 1.54) is 4.88 Å². The number of hydrogen-bond donors (Lipinski definition) is 0. The molecule has 0 aliphatic carbocycles. The van der Waals surface area contributed by atoms with Crippen LogP contribution in [0, 0.1) is 6.92 Å². The molecular weight excluding hydrogens is 272 g/mol. The SMILES string of the molecule is Cc1ccoc1C(=O)N1CCN(Cc2cccs2)CC1. The van der Waals surface area contributed by atoms with Gasteiger partial charge in [-0.15, -0.1) is 11.3 Å². The van der Waals surface area contributed by atoms with Crippen LogP contribution in [0.5, 0.6) is 0 Å². The van der Waals surface area contributed by atoms with Crippen molar-refractivity contribution in [1.82, 2.24) is 9.80 Å². The molecule has 3 rings (SSSR count). The molecule has 3 heterocycles. The minimum atomic E-state index is 0.0169. The lowest BCUT2D eigenvalue weighted by Gasteiger charge is -2.34. The summed E-state index contributed by atoms with van der Waals surface area (Å²) in [4.78, 5) is 18.0. The third-order valence-corrected chi connectivity index (χ3v) is 4.54. The zero-order valence-electron chi connectivity index (χ0n) is 11.5. The smallest absolute Gasteiger partial charge is 0.289 e. The van der Waals surface area contributed by atoms with Crippen LogP contribution in [0.25, 0.3) is 0 Å². The molecule has 1 saturated heterocycles. The number of amides is 1. The van der Waals surface area contributed by atoms with E-state index >= 15 is 0 Å². The number of thiophene rings is 1. The van der Waals surface area contributed by atoms with Gasteiger partial charge in [0.1, 0.15) is 0 Å². The molecule has 106 valence electrons. The number of carbonyl (C=O) groups excluding carboxylic acids is 1. The molecule has 1 amide bonds. The molecule has 5 heteroatoms. The number of nitrogens with zero attached hydrogens (tertiary/aromatic N) is 2. The van der Waals surface area contributed by atoms with E-state index in [1.807, 2.05) is 17.9 Å². The summed E-state index contributed by atoms with van der Waals surface area (Å²) in [6.07, 6.45) is 1.58. The molecule has 20 heavy (non-hydrogen) atoms. The van der Waals surface area contributed by atoms with Crippen LogP contribution in [0.2, 0.25) is 0 Å². The Morgan fingerprint density at radius 2 is 2.10 bits per heavy atom. The Morgan fingerprint density at radius 3 is 2.70 bits per heavy atom. The largest absolute Gasteiger partial charge is 0.459 e. The summed E-state index contributed by atoms with van der Waals surface area (Å²) in [5.41, 5.74) is 0.913. The predicted molar refractivity (Wildman–Crippen MR) is 78.9 cm³/mol. The molecule has 0 unspecified atom stereocenters. The quantitative estimate of drug-likeness (QED) is 0.872. The van der Waals surface area contributed by atoms with Crippen molar-refractivity contribution in [3.63, 3.8) is 0 Å². The first-order valence-electron chi connectivity index (χ1n) is 6.82. The molecule has 1 aliphatic rings. The van der Waals surface area contributed by atoms with E-state index < -0.39 is 0 Å². The fraction of sp³-hybridized carbons (Fsp3) is 0.400. The summed E-state index contributed by atoms with van der Waals surface area (Å²) < 4.78 is 5.29. The molecule has 1 fully saturated rings. The van der Waals surface area contributed by atoms with Crippen LogP contribution in [0.4, 0.5) is 0 Å². The minimum Gasteiger partial charge on any atom is -0.459 e. The molecule has 0 atom stereocenters. The number of hydrogen-bond acceptors (Lipinski definition) is 4. The van der Waals surface area contributed by atoms with Crippen molar-refractivity contribution in [2.24, 2.45) is 0 Å². The molecule has 0 N–H and O–H groups in total.